The molecular formula is C22H35F9O6Si. The number of hydrogen-bond acceptors (Lipinski definition) is 6. The van der Waals surface area contributed by atoms with Crippen molar-refractivity contribution in [2.75, 3.05) is 19.8 Å². The fourth-order valence-corrected chi connectivity index (χ4v) is 5.99. The predicted molar refractivity (Wildman–Crippen MR) is 118 cm³/mol. The number of carbonyl (C=O) groups excluding carboxylic acids is 1. The van der Waals surface area contributed by atoms with Crippen LogP contribution >= 0.6 is 0 Å². The largest absolute Gasteiger partial charge is 0.497 e. The van der Waals surface area contributed by atoms with Crippen LogP contribution in [0.4, 0.5) is 39.5 Å². The van der Waals surface area contributed by atoms with Crippen LogP contribution in [0, 0.1) is 11.8 Å². The van der Waals surface area contributed by atoms with E-state index in [4.69, 9.17) is 13.3 Å². The third-order valence-electron chi connectivity index (χ3n) is 5.84. The molecule has 16 heteroatoms. The molecule has 2 rings (SSSR count). The van der Waals surface area contributed by atoms with Gasteiger partial charge in [-0.25, -0.2) is 9.18 Å². The molecule has 3 atom stereocenters. The smallest absolute Gasteiger partial charge is 0.455 e. The summed E-state index contributed by atoms with van der Waals surface area (Å²) in [4.78, 5) is 11.3. The molecule has 0 saturated heterocycles. The van der Waals surface area contributed by atoms with E-state index in [9.17, 15) is 44.3 Å². The van der Waals surface area contributed by atoms with Crippen LogP contribution in [0.2, 0.25) is 6.55 Å². The summed E-state index contributed by atoms with van der Waals surface area (Å²) in [5.41, 5.74) is -1.74. The Kier molecular flexibility index (Phi) is 10.8. The Labute approximate surface area is 216 Å². The average molecular weight is 595 g/mol. The molecule has 0 heterocycles. The zero-order chi connectivity index (χ0) is 30.0. The summed E-state index contributed by atoms with van der Waals surface area (Å²) in [5, 5.41) is 0. The molecule has 0 N–H and O–H groups in total. The van der Waals surface area contributed by atoms with Gasteiger partial charge in [0, 0.05) is 38.2 Å². The van der Waals surface area contributed by atoms with Gasteiger partial charge >= 0.3 is 38.6 Å². The number of fused-ring (bicyclic) bond motifs is 2. The van der Waals surface area contributed by atoms with Gasteiger partial charge in [0.15, 0.2) is 0 Å². The molecule has 2 bridgehead atoms. The van der Waals surface area contributed by atoms with Crippen LogP contribution in [-0.4, -0.2) is 69.9 Å². The van der Waals surface area contributed by atoms with Crippen molar-refractivity contribution in [3.63, 3.8) is 0 Å². The van der Waals surface area contributed by atoms with E-state index in [1.807, 2.05) is 27.3 Å². The average Bonchev–Trinajstić information content (AvgIpc) is 3.29. The first-order valence-corrected chi connectivity index (χ1v) is 14.3. The molecule has 2 saturated carbocycles. The van der Waals surface area contributed by atoms with Crippen molar-refractivity contribution in [3.05, 3.63) is 0 Å². The zero-order valence-electron chi connectivity index (χ0n) is 22.2. The minimum absolute atomic E-state index is 0.247. The summed E-state index contributed by atoms with van der Waals surface area (Å²) in [6, 6.07) is 0. The maximum absolute atomic E-state index is 14.5. The van der Waals surface area contributed by atoms with E-state index >= 15 is 0 Å². The van der Waals surface area contributed by atoms with Crippen molar-refractivity contribution in [3.8, 4) is 0 Å². The number of rotatable bonds is 11. The van der Waals surface area contributed by atoms with Crippen molar-refractivity contribution in [1.29, 1.82) is 0 Å². The van der Waals surface area contributed by atoms with Crippen molar-refractivity contribution < 1.29 is 67.1 Å². The van der Waals surface area contributed by atoms with Crippen LogP contribution in [0.5, 0.6) is 0 Å². The molecule has 0 aromatic carbocycles. The topological polar surface area (TPSA) is 63.2 Å². The molecule has 6 nitrogen and oxygen atoms in total. The molecule has 0 aromatic rings. The van der Waals surface area contributed by atoms with E-state index in [1.54, 1.807) is 0 Å². The number of carbonyl (C=O) groups is 1. The summed E-state index contributed by atoms with van der Waals surface area (Å²) in [6.45, 7) is 12.7. The van der Waals surface area contributed by atoms with E-state index in [2.05, 4.69) is 9.47 Å². The van der Waals surface area contributed by atoms with E-state index < -0.39 is 68.4 Å². The third-order valence-corrected chi connectivity index (χ3v) is 8.28. The van der Waals surface area contributed by atoms with Crippen LogP contribution in [0.15, 0.2) is 0 Å². The number of alkyl halides is 9. The Hall–Kier alpha value is -1.10. The zero-order valence-corrected chi connectivity index (χ0v) is 23.2. The van der Waals surface area contributed by atoms with Crippen LogP contribution in [0.25, 0.3) is 0 Å². The van der Waals surface area contributed by atoms with Gasteiger partial charge in [-0.1, -0.05) is 0 Å². The lowest BCUT2D eigenvalue weighted by Crippen LogP contribution is -2.64. The summed E-state index contributed by atoms with van der Waals surface area (Å²) in [5.74, 6) is -28.6. The highest BCUT2D eigenvalue weighted by Gasteiger charge is 2.82. The van der Waals surface area contributed by atoms with E-state index in [-0.39, 0.29) is 12.8 Å². The number of halogens is 9. The van der Waals surface area contributed by atoms with Gasteiger partial charge < -0.3 is 18.0 Å². The molecule has 3 unspecified atom stereocenters. The van der Waals surface area contributed by atoms with Gasteiger partial charge in [0.25, 0.3) is 5.85 Å². The SMILES string of the molecule is CC(C)(C)OC(=O)C(F)(F)C(F)(F)C(F)(F)OC1(F)C2CCC(C2)C1(F)F.CCO[Si](C)(OCC)OCC. The monoisotopic (exact) mass is 594 g/mol. The second-order valence-corrected chi connectivity index (χ2v) is 12.5. The third kappa shape index (κ3) is 6.96. The van der Waals surface area contributed by atoms with Gasteiger partial charge in [-0.15, -0.1) is 0 Å². The maximum atomic E-state index is 14.5. The first kappa shape index (κ1) is 34.9. The second-order valence-electron chi connectivity index (χ2n) is 9.91. The standard InChI is InChI=1S/C15H17F9O3.C7H18O3Si/c1-10(2,3)26-9(25)12(18,19)14(21,22)15(23,24)27-13(20)8-5-4-7(6-8)11(13,16)17;1-5-8-11(4,9-6-2)10-7-3/h7-8H,4-6H2,1-3H3;5-7H2,1-4H3. The second kappa shape index (κ2) is 11.8. The van der Waals surface area contributed by atoms with Crippen LogP contribution in [0.1, 0.15) is 60.8 Å². The molecule has 38 heavy (non-hydrogen) atoms. The fraction of sp³-hybridized carbons (Fsp3) is 0.955. The van der Waals surface area contributed by atoms with Crippen molar-refractivity contribution in [1.82, 2.24) is 0 Å². The van der Waals surface area contributed by atoms with Gasteiger partial charge in [0.2, 0.25) is 0 Å². The summed E-state index contributed by atoms with van der Waals surface area (Å²) >= 11 is 0. The van der Waals surface area contributed by atoms with Gasteiger partial charge in [-0.3, -0.25) is 4.74 Å². The minimum Gasteiger partial charge on any atom is -0.455 e. The predicted octanol–water partition coefficient (Wildman–Crippen LogP) is 6.60. The quantitative estimate of drug-likeness (QED) is 0.153. The Morgan fingerprint density at radius 2 is 1.26 bits per heavy atom. The van der Waals surface area contributed by atoms with Crippen molar-refractivity contribution in [2.45, 2.75) is 103 Å². The molecule has 226 valence electrons. The first-order valence-electron chi connectivity index (χ1n) is 12.0. The summed E-state index contributed by atoms with van der Waals surface area (Å²) in [7, 11) is -2.25. The molecule has 0 aromatic heterocycles. The number of esters is 1. The maximum Gasteiger partial charge on any atom is 0.497 e. The normalized spacial score (nSPS) is 25.7. The molecule has 2 aliphatic carbocycles. The van der Waals surface area contributed by atoms with Gasteiger partial charge in [-0.05, 0) is 60.8 Å². The lowest BCUT2D eigenvalue weighted by atomic mass is 9.91. The highest BCUT2D eigenvalue weighted by molar-refractivity contribution is 6.59. The van der Waals surface area contributed by atoms with Crippen molar-refractivity contribution in [2.24, 2.45) is 11.8 Å². The molecule has 0 spiro atoms. The highest BCUT2D eigenvalue weighted by atomic mass is 28.4. The Morgan fingerprint density at radius 3 is 1.61 bits per heavy atom. The van der Waals surface area contributed by atoms with Crippen LogP contribution < -0.4 is 0 Å². The van der Waals surface area contributed by atoms with E-state index in [0.29, 0.717) is 19.8 Å². The fourth-order valence-electron chi connectivity index (χ4n) is 4.17. The molecule has 2 aliphatic rings. The minimum atomic E-state index is -6.65. The lowest BCUT2D eigenvalue weighted by molar-refractivity contribution is -0.461. The number of ether oxygens (including phenoxy) is 2. The molecule has 0 radical (unpaired) electrons. The van der Waals surface area contributed by atoms with Gasteiger partial charge in [-0.2, -0.15) is 35.1 Å². The molecular weight excluding hydrogens is 559 g/mol. The highest BCUT2D eigenvalue weighted by Crippen LogP contribution is 2.64. The molecule has 0 amide bonds. The Morgan fingerprint density at radius 1 is 0.842 bits per heavy atom. The van der Waals surface area contributed by atoms with Gasteiger partial charge in [0.1, 0.15) is 5.60 Å². The van der Waals surface area contributed by atoms with E-state index in [0.717, 1.165) is 20.8 Å². The molecule has 2 fully saturated rings. The van der Waals surface area contributed by atoms with Crippen LogP contribution in [-0.2, 0) is 27.5 Å². The lowest BCUT2D eigenvalue weighted by Gasteiger charge is -2.41. The summed E-state index contributed by atoms with van der Waals surface area (Å²) in [6.07, 6.45) is -7.65. The number of hydrogen-bond donors (Lipinski definition) is 0. The Balaban J connectivity index is 0.000000554. The van der Waals surface area contributed by atoms with Gasteiger partial charge in [0.05, 0.1) is 0 Å². The van der Waals surface area contributed by atoms with Crippen molar-refractivity contribution >= 4 is 14.8 Å². The molecule has 0 aliphatic heterocycles. The Bertz CT molecular complexity index is 792. The summed E-state index contributed by atoms with van der Waals surface area (Å²) < 4.78 is 148. The van der Waals surface area contributed by atoms with E-state index in [1.165, 1.54) is 0 Å². The first-order chi connectivity index (χ1) is 17.0. The van der Waals surface area contributed by atoms with Crippen LogP contribution in [0.3, 0.4) is 0 Å².